The largest absolute Gasteiger partial charge is 0.481 e. The Kier molecular flexibility index (Phi) is 9.90. The molecule has 2 aromatic rings. The van der Waals surface area contributed by atoms with Crippen LogP contribution in [0.15, 0.2) is 42.9 Å². The first-order valence-electron chi connectivity index (χ1n) is 10.7. The number of nitrogens with zero attached hydrogens (tertiary/aromatic N) is 1. The number of imidazole rings is 1. The molecular formula is C22H28N6O7. The number of aromatic nitrogens is 2. The number of aromatic amines is 1. The zero-order chi connectivity index (χ0) is 26.0. The van der Waals surface area contributed by atoms with Crippen LogP contribution >= 0.6 is 0 Å². The van der Waals surface area contributed by atoms with Gasteiger partial charge >= 0.3 is 11.9 Å². The number of carboxylic acid groups (broad SMARTS) is 2. The predicted octanol–water partition coefficient (Wildman–Crippen LogP) is -1.44. The number of hydrogen-bond acceptors (Lipinski definition) is 7. The minimum Gasteiger partial charge on any atom is -0.481 e. The Morgan fingerprint density at radius 2 is 1.54 bits per heavy atom. The molecule has 4 unspecified atom stereocenters. The van der Waals surface area contributed by atoms with E-state index in [-0.39, 0.29) is 12.8 Å². The Morgan fingerprint density at radius 3 is 2.11 bits per heavy atom. The van der Waals surface area contributed by atoms with Gasteiger partial charge in [-0.2, -0.15) is 0 Å². The van der Waals surface area contributed by atoms with Gasteiger partial charge in [-0.25, -0.2) is 4.98 Å². The van der Waals surface area contributed by atoms with Gasteiger partial charge in [0.05, 0.1) is 18.8 Å². The van der Waals surface area contributed by atoms with E-state index in [1.807, 2.05) is 0 Å². The summed E-state index contributed by atoms with van der Waals surface area (Å²) in [5, 5.41) is 25.3. The fourth-order valence-electron chi connectivity index (χ4n) is 3.09. The number of carboxylic acids is 2. The third-order valence-corrected chi connectivity index (χ3v) is 4.99. The van der Waals surface area contributed by atoms with Crippen LogP contribution in [0.3, 0.4) is 0 Å². The average molecular weight is 489 g/mol. The fraction of sp³-hybridized carbons (Fsp3) is 0.364. The van der Waals surface area contributed by atoms with Gasteiger partial charge in [0.2, 0.25) is 17.7 Å². The van der Waals surface area contributed by atoms with Gasteiger partial charge in [0.25, 0.3) is 0 Å². The summed E-state index contributed by atoms with van der Waals surface area (Å²) in [6.07, 6.45) is 2.17. The number of H-pyrrole nitrogens is 1. The van der Waals surface area contributed by atoms with Crippen LogP contribution in [0.2, 0.25) is 0 Å². The topological polar surface area (TPSA) is 217 Å². The first-order chi connectivity index (χ1) is 16.6. The standard InChI is InChI=1S/C22H28N6O7/c1-12(22(34)35)26-20(32)16(7-13-5-3-2-4-6-13)28-21(33)17(8-14-10-24-11-25-14)27-19(31)15(23)9-18(29)30/h2-6,10-12,15-17H,7-9,23H2,1H3,(H,24,25)(H,26,32)(H,27,31)(H,28,33)(H,29,30)(H,34,35). The summed E-state index contributed by atoms with van der Waals surface area (Å²) in [5.41, 5.74) is 6.80. The molecule has 0 radical (unpaired) electrons. The highest BCUT2D eigenvalue weighted by Crippen LogP contribution is 2.06. The molecule has 0 fully saturated rings. The zero-order valence-corrected chi connectivity index (χ0v) is 18.9. The third-order valence-electron chi connectivity index (χ3n) is 4.99. The number of nitrogens with one attached hydrogen (secondary N) is 4. The second-order valence-electron chi connectivity index (χ2n) is 7.87. The summed E-state index contributed by atoms with van der Waals surface area (Å²) in [5.74, 6) is -4.88. The van der Waals surface area contributed by atoms with Gasteiger partial charge in [-0.1, -0.05) is 30.3 Å². The molecule has 35 heavy (non-hydrogen) atoms. The van der Waals surface area contributed by atoms with Gasteiger partial charge in [-0.3, -0.25) is 24.0 Å². The molecule has 0 aliphatic carbocycles. The Balaban J connectivity index is 2.23. The van der Waals surface area contributed by atoms with Crippen molar-refractivity contribution in [3.8, 4) is 0 Å². The molecule has 1 heterocycles. The fourth-order valence-corrected chi connectivity index (χ4v) is 3.09. The quantitative estimate of drug-likeness (QED) is 0.175. The summed E-state index contributed by atoms with van der Waals surface area (Å²) in [6, 6.07) is 3.75. The molecule has 0 saturated heterocycles. The summed E-state index contributed by atoms with van der Waals surface area (Å²) in [7, 11) is 0. The van der Waals surface area contributed by atoms with E-state index in [0.717, 1.165) is 0 Å². The van der Waals surface area contributed by atoms with Gasteiger partial charge in [0.1, 0.15) is 18.1 Å². The van der Waals surface area contributed by atoms with Gasteiger partial charge in [0.15, 0.2) is 0 Å². The summed E-state index contributed by atoms with van der Waals surface area (Å²) < 4.78 is 0. The molecule has 0 aliphatic heterocycles. The minimum absolute atomic E-state index is 0.0496. The van der Waals surface area contributed by atoms with Gasteiger partial charge in [0, 0.05) is 24.7 Å². The van der Waals surface area contributed by atoms with Crippen molar-refractivity contribution in [3.05, 3.63) is 54.1 Å². The maximum Gasteiger partial charge on any atom is 0.325 e. The minimum atomic E-state index is -1.40. The Labute approximate surface area is 200 Å². The number of amides is 3. The molecule has 0 spiro atoms. The number of benzene rings is 1. The number of carbonyl (C=O) groups is 5. The second kappa shape index (κ2) is 12.8. The molecule has 0 bridgehead atoms. The molecule has 0 saturated carbocycles. The summed E-state index contributed by atoms with van der Waals surface area (Å²) in [6.45, 7) is 1.28. The van der Waals surface area contributed by atoms with Crippen molar-refractivity contribution in [2.75, 3.05) is 0 Å². The van der Waals surface area contributed by atoms with Crippen LogP contribution in [-0.2, 0) is 36.8 Å². The van der Waals surface area contributed by atoms with Crippen molar-refractivity contribution in [3.63, 3.8) is 0 Å². The maximum atomic E-state index is 13.2. The van der Waals surface area contributed by atoms with Gasteiger partial charge < -0.3 is 36.9 Å². The van der Waals surface area contributed by atoms with E-state index in [9.17, 15) is 24.0 Å². The van der Waals surface area contributed by atoms with E-state index in [1.165, 1.54) is 19.4 Å². The lowest BCUT2D eigenvalue weighted by Crippen LogP contribution is -2.58. The third kappa shape index (κ3) is 8.89. The van der Waals surface area contributed by atoms with E-state index < -0.39 is 60.2 Å². The predicted molar refractivity (Wildman–Crippen MR) is 122 cm³/mol. The van der Waals surface area contributed by atoms with E-state index in [0.29, 0.717) is 11.3 Å². The molecule has 2 rings (SSSR count). The van der Waals surface area contributed by atoms with E-state index >= 15 is 0 Å². The molecule has 3 amide bonds. The van der Waals surface area contributed by atoms with Crippen LogP contribution in [0.5, 0.6) is 0 Å². The van der Waals surface area contributed by atoms with Crippen LogP contribution in [0, 0.1) is 0 Å². The number of rotatable bonds is 13. The Morgan fingerprint density at radius 1 is 0.943 bits per heavy atom. The van der Waals surface area contributed by atoms with Crippen LogP contribution in [0.25, 0.3) is 0 Å². The van der Waals surface area contributed by atoms with Crippen molar-refractivity contribution < 1.29 is 34.2 Å². The monoisotopic (exact) mass is 488 g/mol. The van der Waals surface area contributed by atoms with E-state index in [4.69, 9.17) is 15.9 Å². The van der Waals surface area contributed by atoms with Crippen LogP contribution < -0.4 is 21.7 Å². The highest BCUT2D eigenvalue weighted by atomic mass is 16.4. The molecule has 13 nitrogen and oxygen atoms in total. The molecule has 8 N–H and O–H groups in total. The Hall–Kier alpha value is -4.26. The van der Waals surface area contributed by atoms with Gasteiger partial charge in [-0.05, 0) is 12.5 Å². The van der Waals surface area contributed by atoms with Crippen LogP contribution in [0.1, 0.15) is 24.6 Å². The first-order valence-corrected chi connectivity index (χ1v) is 10.7. The lowest BCUT2D eigenvalue weighted by Gasteiger charge is -2.24. The highest BCUT2D eigenvalue weighted by Gasteiger charge is 2.30. The van der Waals surface area contributed by atoms with Crippen LogP contribution in [0.4, 0.5) is 0 Å². The van der Waals surface area contributed by atoms with Crippen molar-refractivity contribution in [1.29, 1.82) is 0 Å². The van der Waals surface area contributed by atoms with Crippen molar-refractivity contribution in [2.24, 2.45) is 5.73 Å². The lowest BCUT2D eigenvalue weighted by molar-refractivity contribution is -0.141. The molecule has 188 valence electrons. The molecule has 13 heteroatoms. The first kappa shape index (κ1) is 27.0. The smallest absolute Gasteiger partial charge is 0.325 e. The van der Waals surface area contributed by atoms with Crippen LogP contribution in [-0.4, -0.2) is 74.0 Å². The molecule has 4 atom stereocenters. The normalized spacial score (nSPS) is 14.1. The maximum absolute atomic E-state index is 13.2. The Bertz CT molecular complexity index is 1030. The van der Waals surface area contributed by atoms with E-state index in [2.05, 4.69) is 25.9 Å². The number of aliphatic carboxylic acids is 2. The van der Waals surface area contributed by atoms with Gasteiger partial charge in [-0.15, -0.1) is 0 Å². The number of nitrogens with two attached hydrogens (primary N) is 1. The number of carbonyl (C=O) groups excluding carboxylic acids is 3. The molecule has 0 aliphatic rings. The van der Waals surface area contributed by atoms with E-state index in [1.54, 1.807) is 30.3 Å². The highest BCUT2D eigenvalue weighted by molar-refractivity contribution is 5.94. The molecule has 1 aromatic heterocycles. The van der Waals surface area contributed by atoms with Crippen molar-refractivity contribution in [2.45, 2.75) is 50.4 Å². The lowest BCUT2D eigenvalue weighted by atomic mass is 10.0. The van der Waals surface area contributed by atoms with Crippen molar-refractivity contribution in [1.82, 2.24) is 25.9 Å². The summed E-state index contributed by atoms with van der Waals surface area (Å²) >= 11 is 0. The SMILES string of the molecule is CC(NC(=O)C(Cc1ccccc1)NC(=O)C(Cc1cnc[nH]1)NC(=O)C(N)CC(=O)O)C(=O)O. The van der Waals surface area contributed by atoms with Crippen molar-refractivity contribution >= 4 is 29.7 Å². The molecular weight excluding hydrogens is 460 g/mol. The zero-order valence-electron chi connectivity index (χ0n) is 18.9. The summed E-state index contributed by atoms with van der Waals surface area (Å²) in [4.78, 5) is 67.1. The molecule has 1 aromatic carbocycles. The second-order valence-corrected chi connectivity index (χ2v) is 7.87. The average Bonchev–Trinajstić information content (AvgIpc) is 3.31. The number of hydrogen-bond donors (Lipinski definition) is 7.